The van der Waals surface area contributed by atoms with Gasteiger partial charge in [-0.05, 0) is 31.4 Å². The van der Waals surface area contributed by atoms with E-state index in [4.69, 9.17) is 0 Å². The molecule has 0 saturated heterocycles. The Morgan fingerprint density at radius 1 is 0.737 bits per heavy atom. The normalized spacial score (nSPS) is 11.5. The van der Waals surface area contributed by atoms with Crippen LogP contribution in [-0.2, 0) is 0 Å². The summed E-state index contributed by atoms with van der Waals surface area (Å²) in [7, 11) is 0. The molecule has 19 heavy (non-hydrogen) atoms. The van der Waals surface area contributed by atoms with Gasteiger partial charge in [0.25, 0.3) is 0 Å². The fraction of sp³-hybridized carbons (Fsp3) is 0.368. The summed E-state index contributed by atoms with van der Waals surface area (Å²) in [6.45, 7) is 19.6. The lowest BCUT2D eigenvalue weighted by Gasteiger charge is -2.01. The second-order valence-corrected chi connectivity index (χ2v) is 3.12. The Morgan fingerprint density at radius 2 is 1.05 bits per heavy atom. The Hall–Kier alpha value is -1.56. The monoisotopic (exact) mass is 260 g/mol. The van der Waals surface area contributed by atoms with E-state index in [-0.39, 0.29) is 0 Å². The average molecular weight is 260 g/mol. The van der Waals surface area contributed by atoms with Gasteiger partial charge in [-0.15, -0.1) is 0 Å². The van der Waals surface area contributed by atoms with Crippen molar-refractivity contribution in [2.45, 2.75) is 48.0 Å². The molecule has 0 aromatic rings. The molecule has 0 bridgehead atoms. The fourth-order valence-corrected chi connectivity index (χ4v) is 1.07. The SMILES string of the molecule is C=C/C(=C\C=C/C)C/C(C=C)=C/C=C\C.CC.CC. The van der Waals surface area contributed by atoms with Gasteiger partial charge in [-0.1, -0.05) is 89.5 Å². The minimum absolute atomic E-state index is 0.877. The quantitative estimate of drug-likeness (QED) is 0.460. The molecule has 0 aliphatic rings. The second-order valence-electron chi connectivity index (χ2n) is 3.12. The van der Waals surface area contributed by atoms with E-state index in [1.807, 2.05) is 78.0 Å². The molecule has 0 unspecified atom stereocenters. The van der Waals surface area contributed by atoms with Crippen LogP contribution in [0.4, 0.5) is 0 Å². The van der Waals surface area contributed by atoms with Crippen LogP contribution in [0.3, 0.4) is 0 Å². The van der Waals surface area contributed by atoms with Crippen molar-refractivity contribution in [3.63, 3.8) is 0 Å². The summed E-state index contributed by atoms with van der Waals surface area (Å²) in [6.07, 6.45) is 16.8. The van der Waals surface area contributed by atoms with Gasteiger partial charge in [0, 0.05) is 0 Å². The molecule has 0 atom stereocenters. The minimum Gasteiger partial charge on any atom is -0.0988 e. The van der Waals surface area contributed by atoms with Crippen LogP contribution < -0.4 is 0 Å². The van der Waals surface area contributed by atoms with Crippen LogP contribution in [0.15, 0.2) is 72.9 Å². The highest BCUT2D eigenvalue weighted by atomic mass is 14.0. The summed E-state index contributed by atoms with van der Waals surface area (Å²) < 4.78 is 0. The van der Waals surface area contributed by atoms with E-state index in [0.29, 0.717) is 0 Å². The van der Waals surface area contributed by atoms with Gasteiger partial charge >= 0.3 is 0 Å². The fourth-order valence-electron chi connectivity index (χ4n) is 1.07. The van der Waals surface area contributed by atoms with Crippen LogP contribution >= 0.6 is 0 Å². The van der Waals surface area contributed by atoms with E-state index in [2.05, 4.69) is 25.3 Å². The molecule has 0 spiro atoms. The van der Waals surface area contributed by atoms with Crippen LogP contribution in [0.1, 0.15) is 48.0 Å². The van der Waals surface area contributed by atoms with Crippen molar-refractivity contribution in [2.24, 2.45) is 0 Å². The predicted molar refractivity (Wildman–Crippen MR) is 93.5 cm³/mol. The molecule has 0 aliphatic heterocycles. The lowest BCUT2D eigenvalue weighted by atomic mass is 10.0. The Kier molecular flexibility index (Phi) is 25.8. The molecule has 0 fully saturated rings. The summed E-state index contributed by atoms with van der Waals surface area (Å²) in [5.74, 6) is 0. The molecular weight excluding hydrogens is 228 g/mol. The molecule has 0 heteroatoms. The van der Waals surface area contributed by atoms with Crippen LogP contribution in [0, 0.1) is 0 Å². The Bertz CT molecular complexity index is 277. The number of hydrogen-bond donors (Lipinski definition) is 0. The number of hydrogen-bond acceptors (Lipinski definition) is 0. The highest BCUT2D eigenvalue weighted by molar-refractivity contribution is 5.33. The maximum Gasteiger partial charge on any atom is -0.00262 e. The van der Waals surface area contributed by atoms with Crippen molar-refractivity contribution < 1.29 is 0 Å². The topological polar surface area (TPSA) is 0 Å². The molecule has 0 aromatic carbocycles. The van der Waals surface area contributed by atoms with E-state index < -0.39 is 0 Å². The van der Waals surface area contributed by atoms with E-state index >= 15 is 0 Å². The van der Waals surface area contributed by atoms with Crippen molar-refractivity contribution in [3.05, 3.63) is 72.9 Å². The van der Waals surface area contributed by atoms with Crippen molar-refractivity contribution >= 4 is 0 Å². The minimum atomic E-state index is 0.877. The molecule has 108 valence electrons. The lowest BCUT2D eigenvalue weighted by Crippen LogP contribution is -1.81. The highest BCUT2D eigenvalue weighted by Crippen LogP contribution is 2.13. The smallest absolute Gasteiger partial charge is 0.00262 e. The summed E-state index contributed by atoms with van der Waals surface area (Å²) in [5, 5.41) is 0. The van der Waals surface area contributed by atoms with Gasteiger partial charge in [-0.3, -0.25) is 0 Å². The highest BCUT2D eigenvalue weighted by Gasteiger charge is 1.93. The first kappa shape index (κ1) is 22.6. The average Bonchev–Trinajstić information content (AvgIpc) is 2.50. The van der Waals surface area contributed by atoms with Gasteiger partial charge in [0.1, 0.15) is 0 Å². The van der Waals surface area contributed by atoms with Crippen LogP contribution in [0.25, 0.3) is 0 Å². The van der Waals surface area contributed by atoms with Gasteiger partial charge < -0.3 is 0 Å². The van der Waals surface area contributed by atoms with Gasteiger partial charge in [0.15, 0.2) is 0 Å². The van der Waals surface area contributed by atoms with E-state index in [0.717, 1.165) is 6.42 Å². The number of rotatable bonds is 6. The van der Waals surface area contributed by atoms with Gasteiger partial charge in [-0.25, -0.2) is 0 Å². The maximum absolute atomic E-state index is 3.80. The summed E-state index contributed by atoms with van der Waals surface area (Å²) in [6, 6.07) is 0. The van der Waals surface area contributed by atoms with Gasteiger partial charge in [-0.2, -0.15) is 0 Å². The standard InChI is InChI=1S/C15H20.2C2H6/c1-5-9-11-14(7-3)13-15(8-4)12-10-6-2;2*1-2/h5-12H,3-4,13H2,1-2H3;2*1-2H3/b9-5-,10-6-,14-11+,15-12+;;. The van der Waals surface area contributed by atoms with Crippen molar-refractivity contribution in [2.75, 3.05) is 0 Å². The molecule has 0 saturated carbocycles. The molecule has 0 heterocycles. The van der Waals surface area contributed by atoms with Crippen molar-refractivity contribution in [1.29, 1.82) is 0 Å². The Balaban J connectivity index is -0.000000579. The predicted octanol–water partition coefficient (Wildman–Crippen LogP) is 6.81. The summed E-state index contributed by atoms with van der Waals surface area (Å²) in [4.78, 5) is 0. The van der Waals surface area contributed by atoms with Crippen molar-refractivity contribution in [1.82, 2.24) is 0 Å². The van der Waals surface area contributed by atoms with E-state index in [1.165, 1.54) is 11.1 Å². The second kappa shape index (κ2) is 21.7. The lowest BCUT2D eigenvalue weighted by molar-refractivity contribution is 1.21. The Morgan fingerprint density at radius 3 is 1.26 bits per heavy atom. The van der Waals surface area contributed by atoms with Crippen molar-refractivity contribution in [3.8, 4) is 0 Å². The third-order valence-electron chi connectivity index (χ3n) is 1.94. The zero-order valence-corrected chi connectivity index (χ0v) is 13.7. The molecular formula is C19H32. The van der Waals surface area contributed by atoms with Gasteiger partial charge in [0.2, 0.25) is 0 Å². The zero-order chi connectivity index (χ0) is 15.5. The first-order chi connectivity index (χ1) is 9.28. The number of allylic oxidation sites excluding steroid dienone is 10. The molecule has 0 N–H and O–H groups in total. The largest absolute Gasteiger partial charge is 0.0988 e. The van der Waals surface area contributed by atoms with Crippen LogP contribution in [0.2, 0.25) is 0 Å². The van der Waals surface area contributed by atoms with Gasteiger partial charge in [0.05, 0.1) is 0 Å². The summed E-state index contributed by atoms with van der Waals surface area (Å²) in [5.41, 5.74) is 2.40. The first-order valence-corrected chi connectivity index (χ1v) is 7.17. The zero-order valence-electron chi connectivity index (χ0n) is 13.7. The third-order valence-corrected chi connectivity index (χ3v) is 1.94. The molecule has 0 amide bonds. The Labute approximate surface area is 121 Å². The molecule has 0 rings (SSSR count). The molecule has 0 aliphatic carbocycles. The third kappa shape index (κ3) is 16.4. The van der Waals surface area contributed by atoms with Crippen LogP contribution in [0.5, 0.6) is 0 Å². The molecule has 0 aromatic heterocycles. The van der Waals surface area contributed by atoms with E-state index in [1.54, 1.807) is 0 Å². The maximum atomic E-state index is 3.80. The molecule has 0 radical (unpaired) electrons. The first-order valence-electron chi connectivity index (χ1n) is 7.17. The summed E-state index contributed by atoms with van der Waals surface area (Å²) >= 11 is 0. The van der Waals surface area contributed by atoms with E-state index in [9.17, 15) is 0 Å². The van der Waals surface area contributed by atoms with Crippen LogP contribution in [-0.4, -0.2) is 0 Å². The molecule has 0 nitrogen and oxygen atoms in total.